The molecule has 23 heavy (non-hydrogen) atoms. The van der Waals surface area contributed by atoms with Gasteiger partial charge in [0.2, 0.25) is 5.95 Å². The number of nitrogens with one attached hydrogen (secondary N) is 2. The fraction of sp³-hybridized carbons (Fsp3) is 0.312. The van der Waals surface area contributed by atoms with E-state index in [1.807, 2.05) is 24.3 Å². The van der Waals surface area contributed by atoms with Crippen LogP contribution in [-0.4, -0.2) is 36.1 Å². The summed E-state index contributed by atoms with van der Waals surface area (Å²) in [6.45, 7) is 1.68. The molecule has 0 unspecified atom stereocenters. The molecule has 1 aromatic carbocycles. The SMILES string of the molecule is COCCCNC(=O)c1cnc(NCc2ccccc2Cl)nc1. The van der Waals surface area contributed by atoms with Gasteiger partial charge in [0.1, 0.15) is 0 Å². The second kappa shape index (κ2) is 9.07. The van der Waals surface area contributed by atoms with Crippen LogP contribution in [0.1, 0.15) is 22.3 Å². The standard InChI is InChI=1S/C16H19ClN4O2/c1-23-8-4-7-18-15(22)13-10-20-16(21-11-13)19-9-12-5-2-3-6-14(12)17/h2-3,5-6,10-11H,4,7-9H2,1H3,(H,18,22)(H,19,20,21). The van der Waals surface area contributed by atoms with Gasteiger partial charge in [-0.05, 0) is 18.1 Å². The van der Waals surface area contributed by atoms with Crippen molar-refractivity contribution in [1.82, 2.24) is 15.3 Å². The quantitative estimate of drug-likeness (QED) is 0.725. The summed E-state index contributed by atoms with van der Waals surface area (Å²) in [5.41, 5.74) is 1.38. The van der Waals surface area contributed by atoms with Crippen LogP contribution in [0.15, 0.2) is 36.7 Å². The molecule has 0 aliphatic heterocycles. The van der Waals surface area contributed by atoms with E-state index in [0.717, 1.165) is 12.0 Å². The number of aromatic nitrogens is 2. The zero-order chi connectivity index (χ0) is 16.5. The van der Waals surface area contributed by atoms with Crippen molar-refractivity contribution in [2.75, 3.05) is 25.6 Å². The lowest BCUT2D eigenvalue weighted by molar-refractivity contribution is 0.0948. The lowest BCUT2D eigenvalue weighted by Gasteiger charge is -2.07. The Balaban J connectivity index is 1.84. The molecule has 2 aromatic rings. The van der Waals surface area contributed by atoms with Crippen LogP contribution in [0.5, 0.6) is 0 Å². The van der Waals surface area contributed by atoms with Crippen LogP contribution in [0.4, 0.5) is 5.95 Å². The van der Waals surface area contributed by atoms with Gasteiger partial charge in [0, 0.05) is 44.2 Å². The first kappa shape index (κ1) is 17.2. The van der Waals surface area contributed by atoms with Crippen molar-refractivity contribution in [3.8, 4) is 0 Å². The van der Waals surface area contributed by atoms with Crippen LogP contribution < -0.4 is 10.6 Å². The third-order valence-corrected chi connectivity index (χ3v) is 3.49. The van der Waals surface area contributed by atoms with Crippen LogP contribution in [0.25, 0.3) is 0 Å². The number of benzene rings is 1. The largest absolute Gasteiger partial charge is 0.385 e. The lowest BCUT2D eigenvalue weighted by atomic mass is 10.2. The highest BCUT2D eigenvalue weighted by atomic mass is 35.5. The molecular weight excluding hydrogens is 316 g/mol. The van der Waals surface area contributed by atoms with Crippen LogP contribution >= 0.6 is 11.6 Å². The summed E-state index contributed by atoms with van der Waals surface area (Å²) in [5.74, 6) is 0.250. The Morgan fingerprint density at radius 3 is 2.70 bits per heavy atom. The van der Waals surface area contributed by atoms with Crippen molar-refractivity contribution in [3.05, 3.63) is 52.8 Å². The van der Waals surface area contributed by atoms with E-state index in [9.17, 15) is 4.79 Å². The Kier molecular flexibility index (Phi) is 6.77. The number of amides is 1. The van der Waals surface area contributed by atoms with E-state index in [2.05, 4.69) is 20.6 Å². The van der Waals surface area contributed by atoms with Crippen LogP contribution in [-0.2, 0) is 11.3 Å². The van der Waals surface area contributed by atoms with Gasteiger partial charge >= 0.3 is 0 Å². The molecular formula is C16H19ClN4O2. The fourth-order valence-corrected chi connectivity index (χ4v) is 2.08. The topological polar surface area (TPSA) is 76.1 Å². The maximum Gasteiger partial charge on any atom is 0.254 e. The molecule has 0 fully saturated rings. The van der Waals surface area contributed by atoms with Gasteiger partial charge in [-0.3, -0.25) is 4.79 Å². The molecule has 7 heteroatoms. The summed E-state index contributed by atoms with van der Waals surface area (Å²) in [4.78, 5) is 20.1. The van der Waals surface area contributed by atoms with Crippen LogP contribution in [0.3, 0.4) is 0 Å². The molecule has 2 N–H and O–H groups in total. The summed E-state index contributed by atoms with van der Waals surface area (Å²) in [5, 5.41) is 6.54. The average Bonchev–Trinajstić information content (AvgIpc) is 2.58. The van der Waals surface area contributed by atoms with Gasteiger partial charge < -0.3 is 15.4 Å². The van der Waals surface area contributed by atoms with Gasteiger partial charge in [0.15, 0.2) is 0 Å². The second-order valence-corrected chi connectivity index (χ2v) is 5.25. The molecule has 0 aliphatic carbocycles. The molecule has 6 nitrogen and oxygen atoms in total. The van der Waals surface area contributed by atoms with E-state index in [1.54, 1.807) is 7.11 Å². The minimum atomic E-state index is -0.196. The Bertz CT molecular complexity index is 634. The van der Waals surface area contributed by atoms with Crippen molar-refractivity contribution < 1.29 is 9.53 Å². The van der Waals surface area contributed by atoms with Crippen molar-refractivity contribution in [3.63, 3.8) is 0 Å². The Morgan fingerprint density at radius 1 is 1.26 bits per heavy atom. The summed E-state index contributed by atoms with van der Waals surface area (Å²) in [7, 11) is 1.63. The molecule has 0 aliphatic rings. The van der Waals surface area contributed by atoms with Crippen molar-refractivity contribution in [2.45, 2.75) is 13.0 Å². The molecule has 0 bridgehead atoms. The first-order chi connectivity index (χ1) is 11.2. The number of carbonyl (C=O) groups is 1. The third-order valence-electron chi connectivity index (χ3n) is 3.12. The van der Waals surface area contributed by atoms with Crippen molar-refractivity contribution in [2.24, 2.45) is 0 Å². The number of nitrogens with zero attached hydrogens (tertiary/aromatic N) is 2. The third kappa shape index (κ3) is 5.50. The average molecular weight is 335 g/mol. The van der Waals surface area contributed by atoms with E-state index in [-0.39, 0.29) is 5.91 Å². The minimum absolute atomic E-state index is 0.196. The van der Waals surface area contributed by atoms with Crippen LogP contribution in [0, 0.1) is 0 Å². The van der Waals surface area contributed by atoms with Gasteiger partial charge in [0.05, 0.1) is 5.56 Å². The smallest absolute Gasteiger partial charge is 0.254 e. The van der Waals surface area contributed by atoms with Gasteiger partial charge in [-0.25, -0.2) is 9.97 Å². The maximum absolute atomic E-state index is 11.9. The van der Waals surface area contributed by atoms with Gasteiger partial charge in [-0.15, -0.1) is 0 Å². The maximum atomic E-state index is 11.9. The van der Waals surface area contributed by atoms with Gasteiger partial charge in [-0.1, -0.05) is 29.8 Å². The first-order valence-electron chi connectivity index (χ1n) is 7.27. The molecule has 0 saturated heterocycles. The zero-order valence-corrected chi connectivity index (χ0v) is 13.6. The number of rotatable bonds is 8. The highest BCUT2D eigenvalue weighted by molar-refractivity contribution is 6.31. The molecule has 0 saturated carbocycles. The summed E-state index contributed by atoms with van der Waals surface area (Å²) in [6, 6.07) is 7.55. The molecule has 0 atom stereocenters. The Morgan fingerprint density at radius 2 is 2.00 bits per heavy atom. The van der Waals surface area contributed by atoms with E-state index < -0.39 is 0 Å². The summed E-state index contributed by atoms with van der Waals surface area (Å²) >= 11 is 6.09. The van der Waals surface area contributed by atoms with E-state index >= 15 is 0 Å². The Labute approximate surface area is 140 Å². The zero-order valence-electron chi connectivity index (χ0n) is 12.9. The number of carbonyl (C=O) groups excluding carboxylic acids is 1. The highest BCUT2D eigenvalue weighted by Crippen LogP contribution is 2.15. The predicted octanol–water partition coefficient (Wildman–Crippen LogP) is 2.51. The second-order valence-electron chi connectivity index (χ2n) is 4.84. The van der Waals surface area contributed by atoms with E-state index in [0.29, 0.717) is 36.2 Å². The monoisotopic (exact) mass is 334 g/mol. The summed E-state index contributed by atoms with van der Waals surface area (Å²) in [6.07, 6.45) is 3.75. The lowest BCUT2D eigenvalue weighted by Crippen LogP contribution is -2.25. The first-order valence-corrected chi connectivity index (χ1v) is 7.65. The van der Waals surface area contributed by atoms with E-state index in [1.165, 1.54) is 12.4 Å². The number of hydrogen-bond donors (Lipinski definition) is 2. The van der Waals surface area contributed by atoms with Gasteiger partial charge in [-0.2, -0.15) is 0 Å². The van der Waals surface area contributed by atoms with Crippen LogP contribution in [0.2, 0.25) is 5.02 Å². The summed E-state index contributed by atoms with van der Waals surface area (Å²) < 4.78 is 4.92. The van der Waals surface area contributed by atoms with Crippen molar-refractivity contribution in [1.29, 1.82) is 0 Å². The predicted molar refractivity (Wildman–Crippen MR) is 89.6 cm³/mol. The number of halogens is 1. The molecule has 1 heterocycles. The number of ether oxygens (including phenoxy) is 1. The molecule has 1 aromatic heterocycles. The Hall–Kier alpha value is -2.18. The normalized spacial score (nSPS) is 10.3. The van der Waals surface area contributed by atoms with Gasteiger partial charge in [0.25, 0.3) is 5.91 Å². The molecule has 0 radical (unpaired) electrons. The van der Waals surface area contributed by atoms with E-state index in [4.69, 9.17) is 16.3 Å². The molecule has 0 spiro atoms. The molecule has 1 amide bonds. The molecule has 2 rings (SSSR count). The fourth-order valence-electron chi connectivity index (χ4n) is 1.87. The van der Waals surface area contributed by atoms with Crippen molar-refractivity contribution >= 4 is 23.5 Å². The molecule has 122 valence electrons. The highest BCUT2D eigenvalue weighted by Gasteiger charge is 2.07. The minimum Gasteiger partial charge on any atom is -0.385 e. The number of methoxy groups -OCH3 is 1. The number of anilines is 1. The number of hydrogen-bond acceptors (Lipinski definition) is 5.